The molecule has 0 radical (unpaired) electrons. The van der Waals surface area contributed by atoms with E-state index in [-0.39, 0.29) is 33.0 Å². The molecule has 1 atom stereocenters. The van der Waals surface area contributed by atoms with Gasteiger partial charge in [-0.05, 0) is 76.3 Å². The standard InChI is InChI=1S/C29H43O4P.Li/c1-17(2)14-31-24-12-25(32-15-18(3)4)28(26(13-24)33-16-19(5)6)34-29(30)27-21(8)11-20(7)22(9)23(27)10;/h11-13,17-19,34H,14-16H2,1-10H3;/q;+1. The van der Waals surface area contributed by atoms with Gasteiger partial charge in [0.15, 0.2) is 5.52 Å². The van der Waals surface area contributed by atoms with Gasteiger partial charge in [-0.1, -0.05) is 47.6 Å². The number of carbonyl (C=O) groups excluding carboxylic acids is 1. The zero-order valence-electron chi connectivity index (χ0n) is 23.7. The third-order valence-corrected chi connectivity index (χ3v) is 6.81. The van der Waals surface area contributed by atoms with E-state index in [1.807, 2.05) is 26.0 Å². The molecule has 35 heavy (non-hydrogen) atoms. The average Bonchev–Trinajstić information content (AvgIpc) is 2.74. The summed E-state index contributed by atoms with van der Waals surface area (Å²) in [7, 11) is -0.105. The second-order valence-corrected chi connectivity index (χ2v) is 11.7. The van der Waals surface area contributed by atoms with Crippen molar-refractivity contribution in [1.29, 1.82) is 0 Å². The Morgan fingerprint density at radius 2 is 1.17 bits per heavy atom. The van der Waals surface area contributed by atoms with Crippen molar-refractivity contribution in [2.24, 2.45) is 17.8 Å². The Balaban J connectivity index is 0.00000612. The van der Waals surface area contributed by atoms with Crippen LogP contribution in [-0.2, 0) is 0 Å². The Hall–Kier alpha value is -1.46. The van der Waals surface area contributed by atoms with Crippen LogP contribution < -0.4 is 38.4 Å². The van der Waals surface area contributed by atoms with E-state index in [0.717, 1.165) is 22.0 Å². The molecule has 0 saturated carbocycles. The fraction of sp³-hybridized carbons (Fsp3) is 0.552. The maximum absolute atomic E-state index is 13.7. The second kappa shape index (κ2) is 14.3. The van der Waals surface area contributed by atoms with Crippen LogP contribution in [0.15, 0.2) is 18.2 Å². The number of aryl methyl sites for hydroxylation is 2. The van der Waals surface area contributed by atoms with E-state index in [2.05, 4.69) is 61.5 Å². The predicted octanol–water partition coefficient (Wildman–Crippen LogP) is 4.17. The van der Waals surface area contributed by atoms with Crippen LogP contribution in [0.25, 0.3) is 0 Å². The first kappa shape index (κ1) is 31.6. The van der Waals surface area contributed by atoms with Crippen LogP contribution in [0.2, 0.25) is 0 Å². The quantitative estimate of drug-likeness (QED) is 0.329. The molecule has 0 N–H and O–H groups in total. The summed E-state index contributed by atoms with van der Waals surface area (Å²) in [6.07, 6.45) is 0. The SMILES string of the molecule is Cc1cc(C)c(C(=O)Pc2c(OCC(C)C)cc(OCC(C)C)cc2OCC(C)C)c(C)c1C.[Li+]. The molecule has 2 rings (SSSR count). The maximum Gasteiger partial charge on any atom is 1.00 e. The van der Waals surface area contributed by atoms with Gasteiger partial charge in [0.1, 0.15) is 17.2 Å². The summed E-state index contributed by atoms with van der Waals surface area (Å²) in [6.45, 7) is 22.7. The van der Waals surface area contributed by atoms with E-state index in [1.54, 1.807) is 0 Å². The van der Waals surface area contributed by atoms with E-state index < -0.39 is 0 Å². The summed E-state index contributed by atoms with van der Waals surface area (Å²) in [5, 5.41) is 0.820. The van der Waals surface area contributed by atoms with Crippen molar-refractivity contribution in [3.63, 3.8) is 0 Å². The van der Waals surface area contributed by atoms with E-state index in [0.29, 0.717) is 54.8 Å². The Kier molecular flexibility index (Phi) is 12.9. The number of hydrogen-bond acceptors (Lipinski definition) is 4. The molecule has 0 aliphatic heterocycles. The fourth-order valence-corrected chi connectivity index (χ4v) is 4.86. The Labute approximate surface area is 226 Å². The average molecular weight is 494 g/mol. The molecule has 2 aromatic rings. The van der Waals surface area contributed by atoms with E-state index in [9.17, 15) is 4.79 Å². The van der Waals surface area contributed by atoms with Crippen molar-refractivity contribution in [2.45, 2.75) is 69.2 Å². The number of benzene rings is 2. The minimum atomic E-state index is -0.105. The fourth-order valence-electron chi connectivity index (χ4n) is 3.59. The summed E-state index contributed by atoms with van der Waals surface area (Å²) in [5.74, 6) is 3.19. The van der Waals surface area contributed by atoms with Crippen molar-refractivity contribution in [3.8, 4) is 17.2 Å². The first-order chi connectivity index (χ1) is 15.9. The Bertz CT molecular complexity index is 966. The molecule has 0 bridgehead atoms. The molecule has 0 saturated heterocycles. The third-order valence-electron chi connectivity index (χ3n) is 5.59. The number of carbonyl (C=O) groups is 1. The maximum atomic E-state index is 13.7. The van der Waals surface area contributed by atoms with Gasteiger partial charge < -0.3 is 14.2 Å². The first-order valence-corrected chi connectivity index (χ1v) is 13.4. The molecule has 2 aromatic carbocycles. The zero-order valence-corrected chi connectivity index (χ0v) is 24.7. The number of rotatable bonds is 12. The van der Waals surface area contributed by atoms with Gasteiger partial charge >= 0.3 is 18.9 Å². The van der Waals surface area contributed by atoms with E-state index in [4.69, 9.17) is 14.2 Å². The van der Waals surface area contributed by atoms with Crippen LogP contribution in [0, 0.1) is 45.4 Å². The van der Waals surface area contributed by atoms with Crippen molar-refractivity contribution in [2.75, 3.05) is 19.8 Å². The normalized spacial score (nSPS) is 11.5. The molecular formula is C29H43LiO4P+. The largest absolute Gasteiger partial charge is 1.00 e. The third kappa shape index (κ3) is 9.17. The van der Waals surface area contributed by atoms with Crippen molar-refractivity contribution < 1.29 is 37.9 Å². The molecule has 0 heterocycles. The molecule has 0 amide bonds. The number of ether oxygens (including phenoxy) is 3. The van der Waals surface area contributed by atoms with Gasteiger partial charge in [-0.3, -0.25) is 4.79 Å². The van der Waals surface area contributed by atoms with Gasteiger partial charge in [-0.15, -0.1) is 0 Å². The summed E-state index contributed by atoms with van der Waals surface area (Å²) in [6, 6.07) is 5.95. The summed E-state index contributed by atoms with van der Waals surface area (Å²) in [4.78, 5) is 13.7. The molecule has 0 aliphatic carbocycles. The zero-order chi connectivity index (χ0) is 25.6. The Morgan fingerprint density at radius 3 is 1.63 bits per heavy atom. The van der Waals surface area contributed by atoms with E-state index in [1.165, 1.54) is 11.1 Å². The van der Waals surface area contributed by atoms with Crippen molar-refractivity contribution in [3.05, 3.63) is 46.0 Å². The molecule has 4 nitrogen and oxygen atoms in total. The summed E-state index contributed by atoms with van der Waals surface area (Å²) in [5.41, 5.74) is 5.38. The van der Waals surface area contributed by atoms with Crippen LogP contribution in [-0.4, -0.2) is 25.3 Å². The Morgan fingerprint density at radius 1 is 0.714 bits per heavy atom. The topological polar surface area (TPSA) is 44.8 Å². The van der Waals surface area contributed by atoms with E-state index >= 15 is 0 Å². The van der Waals surface area contributed by atoms with Crippen LogP contribution in [0.3, 0.4) is 0 Å². The second-order valence-electron chi connectivity index (χ2n) is 10.5. The molecular weight excluding hydrogens is 450 g/mol. The molecule has 0 fully saturated rings. The van der Waals surface area contributed by atoms with Crippen LogP contribution in [0.1, 0.15) is 74.2 Å². The minimum absolute atomic E-state index is 0. The van der Waals surface area contributed by atoms with Crippen molar-refractivity contribution >= 4 is 19.4 Å². The van der Waals surface area contributed by atoms with Gasteiger partial charge in [0, 0.05) is 17.7 Å². The molecule has 6 heteroatoms. The summed E-state index contributed by atoms with van der Waals surface area (Å²) < 4.78 is 18.5. The molecule has 0 aromatic heterocycles. The molecule has 188 valence electrons. The molecule has 0 spiro atoms. The van der Waals surface area contributed by atoms with Gasteiger partial charge in [0.25, 0.3) is 0 Å². The van der Waals surface area contributed by atoms with Gasteiger partial charge in [0.2, 0.25) is 0 Å². The molecule has 1 unspecified atom stereocenters. The van der Waals surface area contributed by atoms with Crippen LogP contribution in [0.4, 0.5) is 0 Å². The number of hydrogen-bond donors (Lipinski definition) is 0. The van der Waals surface area contributed by atoms with Gasteiger partial charge in [-0.25, -0.2) is 0 Å². The van der Waals surface area contributed by atoms with Crippen molar-refractivity contribution in [1.82, 2.24) is 0 Å². The summed E-state index contributed by atoms with van der Waals surface area (Å²) >= 11 is 0. The van der Waals surface area contributed by atoms with Gasteiger partial charge in [-0.2, -0.15) is 0 Å². The smallest absolute Gasteiger partial charge is 0.493 e. The van der Waals surface area contributed by atoms with Crippen LogP contribution in [0.5, 0.6) is 17.2 Å². The monoisotopic (exact) mass is 493 g/mol. The minimum Gasteiger partial charge on any atom is -0.493 e. The van der Waals surface area contributed by atoms with Gasteiger partial charge in [0.05, 0.1) is 25.1 Å². The van der Waals surface area contributed by atoms with Crippen LogP contribution >= 0.6 is 8.58 Å². The first-order valence-electron chi connectivity index (χ1n) is 12.4. The molecule has 0 aliphatic rings. The predicted molar refractivity (Wildman–Crippen MR) is 145 cm³/mol.